The maximum absolute atomic E-state index is 12.8. The minimum Gasteiger partial charge on any atom is -0.380 e. The molecule has 0 aromatic rings. The van der Waals surface area contributed by atoms with Crippen molar-refractivity contribution in [2.45, 2.75) is 66.7 Å². The summed E-state index contributed by atoms with van der Waals surface area (Å²) in [5, 5.41) is 6.11. The molecule has 9 nitrogen and oxygen atoms in total. The lowest BCUT2D eigenvalue weighted by Gasteiger charge is -2.35. The number of ether oxygens (including phenoxy) is 1. The number of nitrogens with zero attached hydrogens (tertiary/aromatic N) is 2. The van der Waals surface area contributed by atoms with E-state index in [2.05, 4.69) is 24.5 Å². The average Bonchev–Trinajstić information content (AvgIpc) is 3.01. The van der Waals surface area contributed by atoms with Gasteiger partial charge in [-0.15, -0.1) is 0 Å². The lowest BCUT2D eigenvalue weighted by atomic mass is 9.88. The molecule has 0 spiro atoms. The molecule has 9 heteroatoms. The number of hydrogen-bond acceptors (Lipinski definition) is 6. The summed E-state index contributed by atoms with van der Waals surface area (Å²) in [6, 6.07) is 0. The van der Waals surface area contributed by atoms with Crippen LogP contribution in [0.3, 0.4) is 0 Å². The van der Waals surface area contributed by atoms with Crippen molar-refractivity contribution in [3.63, 3.8) is 0 Å². The van der Waals surface area contributed by atoms with Crippen LogP contribution in [0.15, 0.2) is 0 Å². The van der Waals surface area contributed by atoms with Crippen LogP contribution >= 0.6 is 0 Å². The number of amides is 4. The molecule has 2 rings (SSSR count). The Labute approximate surface area is 210 Å². The number of hydrogen-bond donors (Lipinski definition) is 2. The Morgan fingerprint density at radius 3 is 2.26 bits per heavy atom. The highest BCUT2D eigenvalue weighted by molar-refractivity contribution is 6.03. The van der Waals surface area contributed by atoms with Crippen LogP contribution in [0.2, 0.25) is 0 Å². The number of carbonyl (C=O) groups is 4. The van der Waals surface area contributed by atoms with Gasteiger partial charge in [0.25, 0.3) is 0 Å². The Bertz CT molecular complexity index is 759. The molecular formula is C26H46N4O5. The predicted molar refractivity (Wildman–Crippen MR) is 134 cm³/mol. The van der Waals surface area contributed by atoms with Crippen LogP contribution in [0.25, 0.3) is 0 Å². The number of piperidine rings is 1. The van der Waals surface area contributed by atoms with Crippen molar-refractivity contribution < 1.29 is 23.9 Å². The van der Waals surface area contributed by atoms with Gasteiger partial charge < -0.3 is 20.3 Å². The molecule has 2 fully saturated rings. The summed E-state index contributed by atoms with van der Waals surface area (Å²) in [6.07, 6.45) is 2.87. The van der Waals surface area contributed by atoms with E-state index in [9.17, 15) is 19.2 Å². The van der Waals surface area contributed by atoms with E-state index >= 15 is 0 Å². The fourth-order valence-corrected chi connectivity index (χ4v) is 4.62. The van der Waals surface area contributed by atoms with Gasteiger partial charge in [0, 0.05) is 56.8 Å². The Balaban J connectivity index is 1.66. The third-order valence-corrected chi connectivity index (χ3v) is 6.87. The van der Waals surface area contributed by atoms with Crippen LogP contribution in [0.4, 0.5) is 0 Å². The highest BCUT2D eigenvalue weighted by atomic mass is 16.5. The van der Waals surface area contributed by atoms with Crippen molar-refractivity contribution >= 4 is 23.6 Å². The van der Waals surface area contributed by atoms with Gasteiger partial charge in [0.05, 0.1) is 13.2 Å². The van der Waals surface area contributed by atoms with Crippen LogP contribution in [-0.2, 0) is 23.9 Å². The second-order valence-corrected chi connectivity index (χ2v) is 11.9. The molecule has 2 heterocycles. The summed E-state index contributed by atoms with van der Waals surface area (Å²) >= 11 is 0. The van der Waals surface area contributed by atoms with Gasteiger partial charge in [-0.1, -0.05) is 34.6 Å². The molecule has 2 aliphatic heterocycles. The van der Waals surface area contributed by atoms with Crippen molar-refractivity contribution in [2.24, 2.45) is 22.7 Å². The van der Waals surface area contributed by atoms with Crippen LogP contribution in [0, 0.1) is 22.7 Å². The first-order valence-corrected chi connectivity index (χ1v) is 12.9. The zero-order valence-electron chi connectivity index (χ0n) is 22.6. The van der Waals surface area contributed by atoms with Gasteiger partial charge in [0.2, 0.25) is 23.6 Å². The van der Waals surface area contributed by atoms with E-state index in [0.717, 1.165) is 32.5 Å². The van der Waals surface area contributed by atoms with Crippen LogP contribution in [0.5, 0.6) is 0 Å². The normalized spacial score (nSPS) is 20.0. The monoisotopic (exact) mass is 494 g/mol. The van der Waals surface area contributed by atoms with Gasteiger partial charge in [0.15, 0.2) is 0 Å². The summed E-state index contributed by atoms with van der Waals surface area (Å²) in [4.78, 5) is 52.0. The van der Waals surface area contributed by atoms with E-state index in [0.29, 0.717) is 32.1 Å². The SMILES string of the molecule is CNCC1CCN(C(=O)CC(C)(C)COCC(C)(C)CNC(=O)CCN2C(=O)CC(C)C2=O)CC1. The summed E-state index contributed by atoms with van der Waals surface area (Å²) in [5.41, 5.74) is -0.567. The van der Waals surface area contributed by atoms with Gasteiger partial charge in [0.1, 0.15) is 0 Å². The van der Waals surface area contributed by atoms with Gasteiger partial charge in [-0.3, -0.25) is 24.1 Å². The van der Waals surface area contributed by atoms with E-state index in [4.69, 9.17) is 4.74 Å². The molecule has 0 aliphatic carbocycles. The molecule has 0 radical (unpaired) electrons. The summed E-state index contributed by atoms with van der Waals surface area (Å²) < 4.78 is 5.99. The molecule has 1 atom stereocenters. The molecular weight excluding hydrogens is 448 g/mol. The molecule has 0 bridgehead atoms. The molecule has 2 saturated heterocycles. The van der Waals surface area contributed by atoms with Crippen LogP contribution in [-0.4, -0.2) is 86.4 Å². The molecule has 2 aliphatic rings. The van der Waals surface area contributed by atoms with Crippen LogP contribution in [0.1, 0.15) is 66.7 Å². The minimum atomic E-state index is -0.295. The number of likely N-dealkylation sites (tertiary alicyclic amines) is 2. The van der Waals surface area contributed by atoms with Crippen molar-refractivity contribution in [3.8, 4) is 0 Å². The Kier molecular flexibility index (Phi) is 10.7. The maximum Gasteiger partial charge on any atom is 0.232 e. The predicted octanol–water partition coefficient (Wildman–Crippen LogP) is 1.80. The summed E-state index contributed by atoms with van der Waals surface area (Å²) in [7, 11) is 1.97. The Morgan fingerprint density at radius 2 is 1.69 bits per heavy atom. The third-order valence-electron chi connectivity index (χ3n) is 6.87. The first-order chi connectivity index (χ1) is 16.3. The summed E-state index contributed by atoms with van der Waals surface area (Å²) in [5.74, 6) is -0.0481. The molecule has 35 heavy (non-hydrogen) atoms. The minimum absolute atomic E-state index is 0.0997. The molecule has 0 aromatic carbocycles. The van der Waals surface area contributed by atoms with E-state index in [1.54, 1.807) is 6.92 Å². The molecule has 2 N–H and O–H groups in total. The lowest BCUT2D eigenvalue weighted by molar-refractivity contribution is -0.140. The van der Waals surface area contributed by atoms with Gasteiger partial charge in [-0.05, 0) is 37.8 Å². The highest BCUT2D eigenvalue weighted by Crippen LogP contribution is 2.26. The molecule has 4 amide bonds. The fourth-order valence-electron chi connectivity index (χ4n) is 4.62. The number of carbonyl (C=O) groups excluding carboxylic acids is 4. The Hall–Kier alpha value is -2.00. The number of imide groups is 1. The number of rotatable bonds is 13. The fraction of sp³-hybridized carbons (Fsp3) is 0.846. The first kappa shape index (κ1) is 29.2. The van der Waals surface area contributed by atoms with Crippen molar-refractivity contribution in [3.05, 3.63) is 0 Å². The van der Waals surface area contributed by atoms with Crippen LogP contribution < -0.4 is 10.6 Å². The quantitative estimate of drug-likeness (QED) is 0.378. The van der Waals surface area contributed by atoms with E-state index in [1.807, 2.05) is 25.8 Å². The molecule has 200 valence electrons. The van der Waals surface area contributed by atoms with Crippen molar-refractivity contribution in [2.75, 3.05) is 53.0 Å². The van der Waals surface area contributed by atoms with Gasteiger partial charge in [-0.2, -0.15) is 0 Å². The second kappa shape index (κ2) is 12.8. The second-order valence-electron chi connectivity index (χ2n) is 11.9. The lowest BCUT2D eigenvalue weighted by Crippen LogP contribution is -2.42. The standard InChI is InChI=1S/C26H46N4O5/c1-19-13-22(32)30(24(19)34)12-9-21(31)28-16-26(4,5)18-35-17-25(2,3)14-23(33)29-10-7-20(8-11-29)15-27-6/h19-20,27H,7-18H2,1-6H3,(H,28,31). The highest BCUT2D eigenvalue weighted by Gasteiger charge is 2.35. The molecule has 0 saturated carbocycles. The first-order valence-electron chi connectivity index (χ1n) is 12.9. The van der Waals surface area contributed by atoms with Crippen molar-refractivity contribution in [1.82, 2.24) is 20.4 Å². The molecule has 0 aromatic heterocycles. The van der Waals surface area contributed by atoms with Gasteiger partial charge in [-0.25, -0.2) is 0 Å². The Morgan fingerprint density at radius 1 is 1.06 bits per heavy atom. The van der Waals surface area contributed by atoms with E-state index in [-0.39, 0.29) is 59.8 Å². The van der Waals surface area contributed by atoms with E-state index < -0.39 is 0 Å². The van der Waals surface area contributed by atoms with E-state index in [1.165, 1.54) is 4.90 Å². The average molecular weight is 495 g/mol. The third kappa shape index (κ3) is 9.52. The topological polar surface area (TPSA) is 108 Å². The zero-order valence-corrected chi connectivity index (χ0v) is 22.6. The number of nitrogens with one attached hydrogen (secondary N) is 2. The maximum atomic E-state index is 12.8. The largest absolute Gasteiger partial charge is 0.380 e. The van der Waals surface area contributed by atoms with Crippen molar-refractivity contribution in [1.29, 1.82) is 0 Å². The smallest absolute Gasteiger partial charge is 0.232 e. The van der Waals surface area contributed by atoms with Gasteiger partial charge >= 0.3 is 0 Å². The summed E-state index contributed by atoms with van der Waals surface area (Å²) in [6.45, 7) is 14.0. The molecule has 1 unspecified atom stereocenters. The zero-order chi connectivity index (χ0) is 26.2.